The molecule has 0 heterocycles. The van der Waals surface area contributed by atoms with Crippen LogP contribution in [0.3, 0.4) is 0 Å². The van der Waals surface area contributed by atoms with E-state index in [0.717, 1.165) is 0 Å². The fourth-order valence-electron chi connectivity index (χ4n) is 1.05. The van der Waals surface area contributed by atoms with Crippen LogP contribution in [0.25, 0.3) is 0 Å². The Bertz CT molecular complexity index is 320. The Kier molecular flexibility index (Phi) is 3.84. The van der Waals surface area contributed by atoms with Gasteiger partial charge in [-0.15, -0.1) is 0 Å². The number of hydrogen-bond donors (Lipinski definition) is 1. The molecule has 0 spiro atoms. The molecule has 0 aliphatic heterocycles. The third kappa shape index (κ3) is 3.80. The number of nitrogens with one attached hydrogen (secondary N) is 1. The predicted molar refractivity (Wildman–Crippen MR) is 49.0 cm³/mol. The summed E-state index contributed by atoms with van der Waals surface area (Å²) >= 11 is 0. The molecule has 0 atom stereocenters. The Morgan fingerprint density at radius 3 is 2.67 bits per heavy atom. The van der Waals surface area contributed by atoms with Gasteiger partial charge in [-0.05, 0) is 6.92 Å². The summed E-state index contributed by atoms with van der Waals surface area (Å²) in [6, 6.07) is 0. The Balaban J connectivity index is 2.33. The van der Waals surface area contributed by atoms with Crippen LogP contribution in [0, 0.1) is 0 Å². The highest BCUT2D eigenvalue weighted by Crippen LogP contribution is 2.15. The Hall–Kier alpha value is -1.85. The molecule has 0 saturated heterocycles. The molecule has 0 bridgehead atoms. The molecular weight excluding hydrogens is 202 g/mol. The number of amides is 2. The molecule has 6 heteroatoms. The molecular formula is C9H11NO5. The van der Waals surface area contributed by atoms with Crippen LogP contribution in [0.15, 0.2) is 11.8 Å². The highest BCUT2D eigenvalue weighted by molar-refractivity contribution is 5.93. The van der Waals surface area contributed by atoms with Gasteiger partial charge < -0.3 is 9.47 Å². The summed E-state index contributed by atoms with van der Waals surface area (Å²) in [7, 11) is 0. The van der Waals surface area contributed by atoms with Crippen LogP contribution in [0.5, 0.6) is 0 Å². The molecule has 1 rings (SSSR count). The Labute approximate surface area is 86.2 Å². The number of ether oxygens (including phenoxy) is 2. The van der Waals surface area contributed by atoms with Crippen molar-refractivity contribution in [3.05, 3.63) is 11.8 Å². The second-order valence-electron chi connectivity index (χ2n) is 2.81. The van der Waals surface area contributed by atoms with Crippen LogP contribution in [0.1, 0.15) is 19.8 Å². The molecule has 0 aromatic rings. The first kappa shape index (κ1) is 11.2. The molecule has 0 fully saturated rings. The van der Waals surface area contributed by atoms with Gasteiger partial charge in [0.15, 0.2) is 5.78 Å². The molecule has 0 unspecified atom stereocenters. The van der Waals surface area contributed by atoms with E-state index in [0.29, 0.717) is 12.8 Å². The van der Waals surface area contributed by atoms with Gasteiger partial charge in [-0.1, -0.05) is 0 Å². The smallest absolute Gasteiger partial charge is 0.421 e. The van der Waals surface area contributed by atoms with Gasteiger partial charge in [0.25, 0.3) is 0 Å². The van der Waals surface area contributed by atoms with E-state index in [-0.39, 0.29) is 18.1 Å². The zero-order valence-corrected chi connectivity index (χ0v) is 8.24. The van der Waals surface area contributed by atoms with Crippen molar-refractivity contribution in [2.45, 2.75) is 19.8 Å². The molecule has 15 heavy (non-hydrogen) atoms. The van der Waals surface area contributed by atoms with Crippen LogP contribution >= 0.6 is 0 Å². The third-order valence-corrected chi connectivity index (χ3v) is 1.64. The summed E-state index contributed by atoms with van der Waals surface area (Å²) in [6.45, 7) is 1.78. The maximum atomic E-state index is 11.0. The highest BCUT2D eigenvalue weighted by atomic mass is 16.6. The zero-order valence-electron chi connectivity index (χ0n) is 8.24. The van der Waals surface area contributed by atoms with E-state index in [4.69, 9.17) is 0 Å². The van der Waals surface area contributed by atoms with Crippen LogP contribution in [0.2, 0.25) is 0 Å². The third-order valence-electron chi connectivity index (χ3n) is 1.64. The maximum Gasteiger partial charge on any atom is 0.421 e. The molecule has 0 aromatic carbocycles. The summed E-state index contributed by atoms with van der Waals surface area (Å²) < 4.78 is 9.15. The minimum Gasteiger partial charge on any atom is -0.449 e. The number of alkyl carbamates (subject to hydrolysis) is 2. The van der Waals surface area contributed by atoms with Crippen molar-refractivity contribution in [3.8, 4) is 0 Å². The average molecular weight is 213 g/mol. The lowest BCUT2D eigenvalue weighted by molar-refractivity contribution is -0.114. The lowest BCUT2D eigenvalue weighted by Gasteiger charge is -2.05. The lowest BCUT2D eigenvalue weighted by atomic mass is 10.3. The van der Waals surface area contributed by atoms with Crippen LogP contribution < -0.4 is 5.32 Å². The average Bonchev–Trinajstić information content (AvgIpc) is 2.51. The molecule has 6 nitrogen and oxygen atoms in total. The van der Waals surface area contributed by atoms with Gasteiger partial charge in [0.2, 0.25) is 0 Å². The first-order chi connectivity index (χ1) is 7.11. The molecule has 0 aromatic heterocycles. The van der Waals surface area contributed by atoms with Crippen LogP contribution in [0.4, 0.5) is 9.59 Å². The van der Waals surface area contributed by atoms with Gasteiger partial charge in [0.05, 0.1) is 6.61 Å². The largest absolute Gasteiger partial charge is 0.449 e. The quantitative estimate of drug-likeness (QED) is 0.743. The van der Waals surface area contributed by atoms with Crippen molar-refractivity contribution in [3.63, 3.8) is 0 Å². The topological polar surface area (TPSA) is 81.7 Å². The van der Waals surface area contributed by atoms with Gasteiger partial charge in [-0.2, -0.15) is 0 Å². The molecule has 1 N–H and O–H groups in total. The highest BCUT2D eigenvalue weighted by Gasteiger charge is 2.17. The van der Waals surface area contributed by atoms with E-state index in [9.17, 15) is 14.4 Å². The number of rotatable bonds is 2. The molecule has 0 radical (unpaired) electrons. The predicted octanol–water partition coefficient (Wildman–Crippen LogP) is 1.12. The van der Waals surface area contributed by atoms with E-state index >= 15 is 0 Å². The molecule has 1 aliphatic rings. The summed E-state index contributed by atoms with van der Waals surface area (Å²) in [5, 5.41) is 1.85. The van der Waals surface area contributed by atoms with Crippen molar-refractivity contribution in [1.29, 1.82) is 0 Å². The van der Waals surface area contributed by atoms with Crippen molar-refractivity contribution < 1.29 is 23.9 Å². The summed E-state index contributed by atoms with van der Waals surface area (Å²) in [5.41, 5.74) is 0. The molecule has 1 aliphatic carbocycles. The van der Waals surface area contributed by atoms with E-state index in [2.05, 4.69) is 9.47 Å². The van der Waals surface area contributed by atoms with Crippen molar-refractivity contribution in [1.82, 2.24) is 5.32 Å². The van der Waals surface area contributed by atoms with Gasteiger partial charge in [-0.25, -0.2) is 14.9 Å². The van der Waals surface area contributed by atoms with Crippen molar-refractivity contribution in [2.24, 2.45) is 0 Å². The number of imide groups is 1. The van der Waals surface area contributed by atoms with E-state index in [1.807, 2.05) is 5.32 Å². The monoisotopic (exact) mass is 213 g/mol. The standard InChI is InChI=1S/C9H11NO5/c1-2-14-8(12)10-9(13)15-7-4-3-6(11)5-7/h5H,2-4H2,1H3,(H,10,12,13). The summed E-state index contributed by atoms with van der Waals surface area (Å²) in [5.74, 6) is 0.177. The molecule has 82 valence electrons. The SMILES string of the molecule is CCOC(=O)NC(=O)OC1=CC(=O)CC1. The normalized spacial score (nSPS) is 14.5. The van der Waals surface area contributed by atoms with E-state index < -0.39 is 12.2 Å². The van der Waals surface area contributed by atoms with E-state index in [1.165, 1.54) is 6.08 Å². The fraction of sp³-hybridized carbons (Fsp3) is 0.444. The Morgan fingerprint density at radius 1 is 1.40 bits per heavy atom. The second kappa shape index (κ2) is 5.14. The fourth-order valence-corrected chi connectivity index (χ4v) is 1.05. The van der Waals surface area contributed by atoms with Crippen molar-refractivity contribution >= 4 is 18.0 Å². The zero-order chi connectivity index (χ0) is 11.3. The number of carbonyl (C=O) groups is 3. The summed E-state index contributed by atoms with van der Waals surface area (Å²) in [6.07, 6.45) is 0.156. The molecule has 0 saturated carbocycles. The first-order valence-corrected chi connectivity index (χ1v) is 4.50. The number of carbonyl (C=O) groups excluding carboxylic acids is 3. The van der Waals surface area contributed by atoms with Gasteiger partial charge in [-0.3, -0.25) is 4.79 Å². The minimum atomic E-state index is -0.936. The van der Waals surface area contributed by atoms with Crippen molar-refractivity contribution in [2.75, 3.05) is 6.61 Å². The van der Waals surface area contributed by atoms with Crippen LogP contribution in [-0.4, -0.2) is 24.6 Å². The van der Waals surface area contributed by atoms with E-state index in [1.54, 1.807) is 6.92 Å². The Morgan fingerprint density at radius 2 is 2.13 bits per heavy atom. The first-order valence-electron chi connectivity index (χ1n) is 4.50. The second-order valence-corrected chi connectivity index (χ2v) is 2.81. The van der Waals surface area contributed by atoms with Gasteiger partial charge >= 0.3 is 12.2 Å². The molecule has 2 amide bonds. The number of ketones is 1. The van der Waals surface area contributed by atoms with Crippen LogP contribution in [-0.2, 0) is 14.3 Å². The number of hydrogen-bond acceptors (Lipinski definition) is 5. The minimum absolute atomic E-state index is 0.0889. The summed E-state index contributed by atoms with van der Waals surface area (Å²) in [4.78, 5) is 32.6. The van der Waals surface area contributed by atoms with Gasteiger partial charge in [0.1, 0.15) is 5.76 Å². The maximum absolute atomic E-state index is 11.0. The van der Waals surface area contributed by atoms with Gasteiger partial charge in [0, 0.05) is 18.9 Å². The lowest BCUT2D eigenvalue weighted by Crippen LogP contribution is -2.31. The number of allylic oxidation sites excluding steroid dienone is 2.